The number of aliphatic imine (C=N–C) groups is 1. The van der Waals surface area contributed by atoms with Crippen LogP contribution in [0.4, 0.5) is 0 Å². The Hall–Kier alpha value is -3.20. The van der Waals surface area contributed by atoms with Gasteiger partial charge in [0.1, 0.15) is 5.71 Å². The monoisotopic (exact) mass is 441 g/mol. The van der Waals surface area contributed by atoms with Crippen molar-refractivity contribution in [2.45, 2.75) is 59.8 Å². The molecule has 0 radical (unpaired) electrons. The molecular formula is C30H39N3. The molecule has 0 saturated carbocycles. The maximum atomic E-state index is 4.95. The Kier molecular flexibility index (Phi) is 9.59. The number of hydrogen-bond acceptors (Lipinski definition) is 3. The van der Waals surface area contributed by atoms with Gasteiger partial charge in [-0.3, -0.25) is 10.0 Å². The Bertz CT molecular complexity index is 1020. The van der Waals surface area contributed by atoms with E-state index in [1.54, 1.807) is 6.21 Å². The number of aryl methyl sites for hydroxylation is 1. The molecule has 1 aliphatic heterocycles. The molecule has 2 rings (SSSR count). The maximum Gasteiger partial charge on any atom is 0.116 e. The minimum Gasteiger partial charge on any atom is -0.261 e. The molecule has 0 spiro atoms. The normalized spacial score (nSPS) is 16.3. The second kappa shape index (κ2) is 12.2. The number of benzene rings is 1. The van der Waals surface area contributed by atoms with Gasteiger partial charge in [-0.1, -0.05) is 82.5 Å². The molecule has 174 valence electrons. The Morgan fingerprint density at radius 2 is 1.76 bits per heavy atom. The van der Waals surface area contributed by atoms with Crippen LogP contribution in [0.3, 0.4) is 0 Å². The van der Waals surface area contributed by atoms with E-state index in [0.29, 0.717) is 0 Å². The molecule has 0 amide bonds. The quantitative estimate of drug-likeness (QED) is 0.285. The van der Waals surface area contributed by atoms with Gasteiger partial charge in [0.2, 0.25) is 0 Å². The lowest BCUT2D eigenvalue weighted by molar-refractivity contribution is 0.426. The molecule has 1 heterocycles. The van der Waals surface area contributed by atoms with Gasteiger partial charge < -0.3 is 0 Å². The number of hydrazone groups is 1. The Morgan fingerprint density at radius 3 is 2.30 bits per heavy atom. The van der Waals surface area contributed by atoms with Gasteiger partial charge in [-0.25, -0.2) is 0 Å². The fourth-order valence-corrected chi connectivity index (χ4v) is 3.59. The minimum atomic E-state index is 0.181. The predicted molar refractivity (Wildman–Crippen MR) is 146 cm³/mol. The standard InChI is InChI=1S/C30H39N3/c1-9-13-20-31-28(12-4)29(26(10-2)11-3)32-33-22-25(21-23(33)5)15-14-24-16-18-27(19-17-24)30(6,7)8/h9-13,16-21H,2,5,14-15,22H2,1,3-4,6-8H3/b13-9?,26-11+,28-12-,31-20?,32-29+. The molecule has 3 nitrogen and oxygen atoms in total. The minimum absolute atomic E-state index is 0.181. The average Bonchev–Trinajstić information content (AvgIpc) is 3.14. The number of nitrogens with zero attached hydrogens (tertiary/aromatic N) is 3. The molecular weight excluding hydrogens is 402 g/mol. The van der Waals surface area contributed by atoms with Crippen LogP contribution in [0.15, 0.2) is 107 Å². The highest BCUT2D eigenvalue weighted by Crippen LogP contribution is 2.26. The lowest BCUT2D eigenvalue weighted by Gasteiger charge is -2.19. The summed E-state index contributed by atoms with van der Waals surface area (Å²) in [6.45, 7) is 21.6. The van der Waals surface area contributed by atoms with Crippen LogP contribution >= 0.6 is 0 Å². The highest BCUT2D eigenvalue weighted by Gasteiger charge is 2.19. The van der Waals surface area contributed by atoms with Gasteiger partial charge in [-0.15, -0.1) is 0 Å². The third-order valence-electron chi connectivity index (χ3n) is 5.64. The molecule has 0 bridgehead atoms. The first-order chi connectivity index (χ1) is 15.7. The van der Waals surface area contributed by atoms with Crippen LogP contribution in [0.2, 0.25) is 0 Å². The second-order valence-electron chi connectivity index (χ2n) is 9.17. The van der Waals surface area contributed by atoms with Crippen molar-refractivity contribution in [3.63, 3.8) is 0 Å². The molecule has 3 heteroatoms. The molecule has 0 aromatic heterocycles. The summed E-state index contributed by atoms with van der Waals surface area (Å²) in [4.78, 5) is 4.59. The second-order valence-corrected chi connectivity index (χ2v) is 9.17. The van der Waals surface area contributed by atoms with Crippen molar-refractivity contribution in [3.05, 3.63) is 108 Å². The van der Waals surface area contributed by atoms with Gasteiger partial charge in [-0.05, 0) is 73.5 Å². The topological polar surface area (TPSA) is 28.0 Å². The largest absolute Gasteiger partial charge is 0.261 e. The SMILES string of the molecule is C=CC(=C\C)/C(=N\N1CC(CCc2ccc(C(C)(C)C)cc2)=CC1=C)C(=C/C)/N=CC=CC. The van der Waals surface area contributed by atoms with Crippen LogP contribution in [0.1, 0.15) is 59.1 Å². The molecule has 0 aliphatic carbocycles. The van der Waals surface area contributed by atoms with Crippen molar-refractivity contribution < 1.29 is 0 Å². The first-order valence-electron chi connectivity index (χ1n) is 11.7. The summed E-state index contributed by atoms with van der Waals surface area (Å²) < 4.78 is 0. The van der Waals surface area contributed by atoms with Gasteiger partial charge in [0, 0.05) is 6.21 Å². The van der Waals surface area contributed by atoms with E-state index in [1.807, 2.05) is 56.2 Å². The van der Waals surface area contributed by atoms with E-state index in [-0.39, 0.29) is 5.41 Å². The molecule has 33 heavy (non-hydrogen) atoms. The van der Waals surface area contributed by atoms with E-state index >= 15 is 0 Å². The van der Waals surface area contributed by atoms with Crippen molar-refractivity contribution in [2.75, 3.05) is 6.54 Å². The van der Waals surface area contributed by atoms with Gasteiger partial charge in [0.05, 0.1) is 17.9 Å². The summed E-state index contributed by atoms with van der Waals surface area (Å²) in [6, 6.07) is 9.01. The van der Waals surface area contributed by atoms with Crippen LogP contribution in [-0.2, 0) is 11.8 Å². The zero-order chi connectivity index (χ0) is 24.4. The van der Waals surface area contributed by atoms with Crippen LogP contribution in [0, 0.1) is 0 Å². The molecule has 1 aromatic carbocycles. The summed E-state index contributed by atoms with van der Waals surface area (Å²) in [5.74, 6) is 0. The summed E-state index contributed by atoms with van der Waals surface area (Å²) in [5, 5.41) is 6.91. The van der Waals surface area contributed by atoms with E-state index < -0.39 is 0 Å². The molecule has 0 N–H and O–H groups in total. The first kappa shape index (κ1) is 26.1. The zero-order valence-electron chi connectivity index (χ0n) is 21.2. The number of allylic oxidation sites excluding steroid dienone is 7. The molecule has 0 saturated heterocycles. The fourth-order valence-electron chi connectivity index (χ4n) is 3.59. The van der Waals surface area contributed by atoms with Gasteiger partial charge >= 0.3 is 0 Å². The van der Waals surface area contributed by atoms with Crippen molar-refractivity contribution in [3.8, 4) is 0 Å². The van der Waals surface area contributed by atoms with Crippen LogP contribution in [-0.4, -0.2) is 23.5 Å². The van der Waals surface area contributed by atoms with Crippen molar-refractivity contribution in [1.29, 1.82) is 0 Å². The van der Waals surface area contributed by atoms with E-state index in [1.165, 1.54) is 16.7 Å². The highest BCUT2D eigenvalue weighted by molar-refractivity contribution is 6.14. The summed E-state index contributed by atoms with van der Waals surface area (Å²) >= 11 is 0. The van der Waals surface area contributed by atoms with Gasteiger partial charge in [0.25, 0.3) is 0 Å². The van der Waals surface area contributed by atoms with Crippen LogP contribution < -0.4 is 0 Å². The maximum absolute atomic E-state index is 4.95. The molecule has 0 unspecified atom stereocenters. The Labute approximate surface area is 201 Å². The van der Waals surface area contributed by atoms with Crippen LogP contribution in [0.5, 0.6) is 0 Å². The fraction of sp³-hybridized carbons (Fsp3) is 0.333. The summed E-state index contributed by atoms with van der Waals surface area (Å²) in [5.41, 5.74) is 7.69. The van der Waals surface area contributed by atoms with E-state index in [0.717, 1.165) is 42.1 Å². The third-order valence-corrected chi connectivity index (χ3v) is 5.64. The van der Waals surface area contributed by atoms with Crippen molar-refractivity contribution in [1.82, 2.24) is 5.01 Å². The zero-order valence-corrected chi connectivity index (χ0v) is 21.2. The Morgan fingerprint density at radius 1 is 1.06 bits per heavy atom. The van der Waals surface area contributed by atoms with Crippen molar-refractivity contribution in [2.24, 2.45) is 10.1 Å². The highest BCUT2D eigenvalue weighted by atomic mass is 15.5. The van der Waals surface area contributed by atoms with Gasteiger partial charge in [-0.2, -0.15) is 5.10 Å². The smallest absolute Gasteiger partial charge is 0.116 e. The van der Waals surface area contributed by atoms with E-state index in [2.05, 4.69) is 69.3 Å². The molecule has 0 atom stereocenters. The Balaban J connectivity index is 2.16. The summed E-state index contributed by atoms with van der Waals surface area (Å²) in [6.07, 6.45) is 15.6. The average molecular weight is 442 g/mol. The van der Waals surface area contributed by atoms with E-state index in [9.17, 15) is 0 Å². The first-order valence-corrected chi connectivity index (χ1v) is 11.7. The van der Waals surface area contributed by atoms with E-state index in [4.69, 9.17) is 5.10 Å². The predicted octanol–water partition coefficient (Wildman–Crippen LogP) is 7.71. The lowest BCUT2D eigenvalue weighted by Crippen LogP contribution is -2.17. The lowest BCUT2D eigenvalue weighted by atomic mass is 9.86. The molecule has 1 aromatic rings. The third kappa shape index (κ3) is 7.42. The molecule has 1 aliphatic rings. The number of hydrogen-bond donors (Lipinski definition) is 0. The van der Waals surface area contributed by atoms with Crippen molar-refractivity contribution >= 4 is 11.9 Å². The number of rotatable bonds is 9. The van der Waals surface area contributed by atoms with Gasteiger partial charge in [0.15, 0.2) is 0 Å². The van der Waals surface area contributed by atoms with Crippen LogP contribution in [0.25, 0.3) is 0 Å². The summed E-state index contributed by atoms with van der Waals surface area (Å²) in [7, 11) is 0. The molecule has 0 fully saturated rings.